The molecule has 0 heterocycles. The third-order valence-corrected chi connectivity index (χ3v) is 2.08. The molecule has 0 bridgehead atoms. The number of rotatable bonds is 2. The number of primary amides is 2. The number of anilines is 2. The van der Waals surface area contributed by atoms with Gasteiger partial charge in [0, 0.05) is 101 Å². The number of para-hydroxylation sites is 2. The number of hydrogen-bond donors (Lipinski definition) is 8. The first-order valence-corrected chi connectivity index (χ1v) is 7.22. The van der Waals surface area contributed by atoms with Crippen LogP contribution in [0.4, 0.5) is 21.0 Å². The Hall–Kier alpha value is -0.596. The van der Waals surface area contributed by atoms with Crippen LogP contribution >= 0.6 is 0 Å². The Bertz CT molecular complexity index is 535. The molecule has 10 N–H and O–H groups in total. The summed E-state index contributed by atoms with van der Waals surface area (Å²) in [5, 5.41) is 32.9. The zero-order valence-electron chi connectivity index (χ0n) is 15.8. The number of hydrogen-bond acceptors (Lipinski definition) is 6. The minimum atomic E-state index is -0.536. The minimum absolute atomic E-state index is 0. The third kappa shape index (κ3) is 32.3. The van der Waals surface area contributed by atoms with E-state index in [0.717, 1.165) is 25.6 Å². The first-order chi connectivity index (χ1) is 13.0. The summed E-state index contributed by atoms with van der Waals surface area (Å²) in [6.07, 6.45) is 0. The number of benzene rings is 2. The number of nitrogens with one attached hydrogen (secondary N) is 2. The molecule has 0 saturated heterocycles. The fourth-order valence-electron chi connectivity index (χ4n) is 1.33. The molecule has 10 nitrogen and oxygen atoms in total. The number of carbonyl (C=O) groups excluding carboxylic acids is 2. The predicted octanol–water partition coefficient (Wildman–Crippen LogP) is 0.0766. The Morgan fingerprint density at radius 1 is 0.690 bits per heavy atom. The summed E-state index contributed by atoms with van der Waals surface area (Å²) in [6, 6.07) is 17.0. The average molecular weight is 461 g/mol. The van der Waals surface area contributed by atoms with Crippen molar-refractivity contribution in [3.05, 3.63) is 60.7 Å². The number of amides is 4. The first kappa shape index (κ1) is 38.9. The quantitative estimate of drug-likeness (QED) is 0.292. The molecule has 0 fully saturated rings. The van der Waals surface area contributed by atoms with E-state index in [-0.39, 0.29) is 83.2 Å². The molecule has 165 valence electrons. The molecule has 0 aliphatic heterocycles. The second-order valence-corrected chi connectivity index (χ2v) is 3.83. The van der Waals surface area contributed by atoms with Crippen LogP contribution in [0.5, 0.6) is 0 Å². The molecule has 0 aliphatic rings. The summed E-state index contributed by atoms with van der Waals surface area (Å²) in [5.74, 6) is 0. The minimum Gasteiger partial charge on any atom is -0.429 e. The van der Waals surface area contributed by atoms with Crippen molar-refractivity contribution in [1.82, 2.24) is 0 Å². The van der Waals surface area contributed by atoms with Gasteiger partial charge in [-0.1, -0.05) is 36.4 Å². The molecule has 0 aromatic heterocycles. The fraction of sp³-hybridized carbons (Fsp3) is 0.125. The maximum absolute atomic E-state index is 10.3. The van der Waals surface area contributed by atoms with Crippen molar-refractivity contribution in [2.45, 2.75) is 0 Å². The van der Waals surface area contributed by atoms with Gasteiger partial charge in [-0.25, -0.2) is 9.59 Å². The summed E-state index contributed by atoms with van der Waals surface area (Å²) < 4.78 is 0. The van der Waals surface area contributed by atoms with Crippen molar-refractivity contribution in [1.29, 1.82) is 0 Å². The topological polar surface area (TPSA) is 191 Å². The molecule has 0 atom stereocenters. The first-order valence-electron chi connectivity index (χ1n) is 7.22. The van der Waals surface area contributed by atoms with E-state index >= 15 is 0 Å². The van der Waals surface area contributed by atoms with Gasteiger partial charge in [0.2, 0.25) is 0 Å². The van der Waals surface area contributed by atoms with Gasteiger partial charge in [-0.15, -0.1) is 0 Å². The fourth-order valence-corrected chi connectivity index (χ4v) is 1.33. The van der Waals surface area contributed by atoms with Crippen LogP contribution in [-0.2, 0) is 0 Å². The van der Waals surface area contributed by atoms with Crippen LogP contribution in [0.2, 0.25) is 0 Å². The Morgan fingerprint density at radius 2 is 0.897 bits per heavy atom. The third-order valence-electron chi connectivity index (χ3n) is 2.08. The number of nitrogens with two attached hydrogens (primary N) is 2. The van der Waals surface area contributed by atoms with E-state index in [9.17, 15) is 9.59 Å². The van der Waals surface area contributed by atoms with Crippen molar-refractivity contribution in [3.8, 4) is 0 Å². The second kappa shape index (κ2) is 32.1. The van der Waals surface area contributed by atoms with Gasteiger partial charge in [-0.2, -0.15) is 0 Å². The molecule has 0 unspecified atom stereocenters. The van der Waals surface area contributed by atoms with E-state index < -0.39 is 12.1 Å². The van der Waals surface area contributed by atoms with Gasteiger partial charge in [0.15, 0.2) is 0 Å². The normalized spacial score (nSPS) is 6.97. The molecule has 2 aromatic rings. The number of carbonyl (C=O) groups is 2. The van der Waals surface area contributed by atoms with Crippen molar-refractivity contribution in [2.24, 2.45) is 11.5 Å². The van der Waals surface area contributed by atoms with E-state index in [2.05, 4.69) is 10.6 Å². The van der Waals surface area contributed by atoms with Gasteiger partial charge in [-0.3, -0.25) is 0 Å². The summed E-state index contributed by atoms with van der Waals surface area (Å²) in [5.41, 5.74) is 11.2. The molecule has 0 saturated carbocycles. The van der Waals surface area contributed by atoms with Crippen molar-refractivity contribution in [2.75, 3.05) is 24.9 Å². The van der Waals surface area contributed by atoms with Crippen LogP contribution in [0.25, 0.3) is 0 Å². The van der Waals surface area contributed by atoms with Crippen LogP contribution in [0.1, 0.15) is 0 Å². The monoisotopic (exact) mass is 461 g/mol. The summed E-state index contributed by atoms with van der Waals surface area (Å²) in [7, 11) is 2.00. The smallest absolute Gasteiger partial charge is 0.429 e. The van der Waals surface area contributed by atoms with Crippen LogP contribution in [0.3, 0.4) is 0 Å². The van der Waals surface area contributed by atoms with E-state index in [1.807, 2.05) is 36.4 Å². The predicted molar refractivity (Wildman–Crippen MR) is 106 cm³/mol. The molecular weight excluding hydrogens is 435 g/mol. The number of aliphatic hydroxyl groups excluding tert-OH is 2. The summed E-state index contributed by atoms with van der Waals surface area (Å²) >= 11 is 0. The standard InChI is InChI=1S/2C7H8N2O.2CH4O.2Ar.BH2O2/c2*8-7(10)9-6-4-2-1-3-5-6;2*1-2;;;2-1-3/h2*1-5H,(H3,8,9,10);2*2H,1H3;;;2-3H. The molecule has 1 radical (unpaired) electrons. The summed E-state index contributed by atoms with van der Waals surface area (Å²) in [6.45, 7) is 0. The Kier molecular flexibility index (Phi) is 43.1. The Labute approximate surface area is 231 Å². The van der Waals surface area contributed by atoms with Crippen molar-refractivity contribution >= 4 is 31.1 Å². The van der Waals surface area contributed by atoms with Crippen LogP contribution < -0.4 is 22.1 Å². The molecule has 0 aliphatic carbocycles. The van der Waals surface area contributed by atoms with Crippen LogP contribution in [0, 0.1) is 75.5 Å². The van der Waals surface area contributed by atoms with Crippen LogP contribution in [-0.4, -0.2) is 54.2 Å². The largest absolute Gasteiger partial charge is 0.482 e. The Balaban J connectivity index is -0.0000000963. The Morgan fingerprint density at radius 3 is 1.07 bits per heavy atom. The molecule has 2 rings (SSSR count). The SMILES string of the molecule is CO.CO.NC(=O)Nc1ccccc1.NC(=O)Nc1ccccc1.O[B]O.[Ar].[Ar]. The van der Waals surface area contributed by atoms with Crippen LogP contribution in [0.15, 0.2) is 60.7 Å². The molecule has 0 spiro atoms. The van der Waals surface area contributed by atoms with E-state index in [4.69, 9.17) is 31.7 Å². The van der Waals surface area contributed by atoms with E-state index in [1.165, 1.54) is 0 Å². The second-order valence-electron chi connectivity index (χ2n) is 3.83. The number of urea groups is 2. The zero-order valence-corrected chi connectivity index (χ0v) is 17.2. The zero-order chi connectivity index (χ0) is 21.5. The van der Waals surface area contributed by atoms with Gasteiger partial charge in [0.1, 0.15) is 0 Å². The maximum atomic E-state index is 10.3. The number of aliphatic hydroxyl groups is 2. The van der Waals surface area contributed by atoms with E-state index in [0.29, 0.717) is 0 Å². The molecule has 2 aromatic carbocycles. The van der Waals surface area contributed by atoms with Crippen molar-refractivity contribution < 1.29 is 105 Å². The maximum Gasteiger partial charge on any atom is 0.482 e. The van der Waals surface area contributed by atoms with E-state index in [1.54, 1.807) is 24.3 Å². The molecule has 4 amide bonds. The summed E-state index contributed by atoms with van der Waals surface area (Å²) in [4.78, 5) is 20.6. The van der Waals surface area contributed by atoms with Gasteiger partial charge in [0.25, 0.3) is 0 Å². The van der Waals surface area contributed by atoms with Gasteiger partial charge in [-0.05, 0) is 24.3 Å². The van der Waals surface area contributed by atoms with Gasteiger partial charge < -0.3 is 42.4 Å². The molecule has 13 heteroatoms. The van der Waals surface area contributed by atoms with Crippen molar-refractivity contribution in [3.63, 3.8) is 0 Å². The van der Waals surface area contributed by atoms with Gasteiger partial charge >= 0.3 is 19.7 Å². The van der Waals surface area contributed by atoms with Gasteiger partial charge in [0.05, 0.1) is 0 Å². The molecular formula is C16H26Ar2BN4O6. The average Bonchev–Trinajstić information content (AvgIpc) is 2.67. The molecule has 29 heavy (non-hydrogen) atoms.